The first-order valence-electron chi connectivity index (χ1n) is 11.1. The van der Waals surface area contributed by atoms with Crippen LogP contribution in [-0.2, 0) is 4.79 Å². The molecule has 0 unspecified atom stereocenters. The van der Waals surface area contributed by atoms with Crippen molar-refractivity contribution in [2.75, 3.05) is 21.3 Å². The highest BCUT2D eigenvalue weighted by molar-refractivity contribution is 6.35. The number of anilines is 5. The van der Waals surface area contributed by atoms with Crippen molar-refractivity contribution in [1.82, 2.24) is 4.98 Å². The number of carbonyl (C=O) groups is 2. The molecule has 1 aliphatic heterocycles. The molecule has 0 saturated carbocycles. The monoisotopic (exact) mass is 485 g/mol. The molecule has 36 heavy (non-hydrogen) atoms. The standard InChI is InChI=1S/C27H21F2N5O2/c28-25(29)16-4-1-5-18(12-16)32-27(36)33-20-7-2-6-19(13-20)31-21-9-10-22-23(14-17-8-3-11-30-17)26(35)34-24(22)15-21/h1-15,25,30-31H,(H,34,35)(H2,32,33,36). The van der Waals surface area contributed by atoms with Crippen LogP contribution in [0.2, 0.25) is 0 Å². The minimum absolute atomic E-state index is 0.170. The van der Waals surface area contributed by atoms with E-state index in [0.29, 0.717) is 22.6 Å². The summed E-state index contributed by atoms with van der Waals surface area (Å²) in [6, 6.07) is 21.3. The van der Waals surface area contributed by atoms with Gasteiger partial charge in [0.25, 0.3) is 12.3 Å². The third kappa shape index (κ3) is 5.10. The second kappa shape index (κ2) is 9.75. The number of urea groups is 1. The summed E-state index contributed by atoms with van der Waals surface area (Å²) >= 11 is 0. The van der Waals surface area contributed by atoms with Gasteiger partial charge in [-0.2, -0.15) is 0 Å². The first-order chi connectivity index (χ1) is 17.4. The molecule has 9 heteroatoms. The molecule has 2 heterocycles. The summed E-state index contributed by atoms with van der Waals surface area (Å²) in [5, 5.41) is 11.4. The molecule has 0 spiro atoms. The van der Waals surface area contributed by atoms with E-state index < -0.39 is 12.5 Å². The van der Waals surface area contributed by atoms with Gasteiger partial charge in [0.05, 0.1) is 11.3 Å². The van der Waals surface area contributed by atoms with Crippen LogP contribution in [0.25, 0.3) is 11.6 Å². The van der Waals surface area contributed by atoms with Crippen LogP contribution in [0, 0.1) is 0 Å². The van der Waals surface area contributed by atoms with Crippen molar-refractivity contribution < 1.29 is 18.4 Å². The highest BCUT2D eigenvalue weighted by Crippen LogP contribution is 2.35. The number of hydrogen-bond acceptors (Lipinski definition) is 3. The van der Waals surface area contributed by atoms with E-state index in [-0.39, 0.29) is 17.2 Å². The Hall–Kier alpha value is -4.92. The number of H-pyrrole nitrogens is 1. The van der Waals surface area contributed by atoms with E-state index in [9.17, 15) is 18.4 Å². The molecule has 1 aliphatic rings. The summed E-state index contributed by atoms with van der Waals surface area (Å²) in [4.78, 5) is 27.9. The van der Waals surface area contributed by atoms with Crippen LogP contribution in [0.4, 0.5) is 42.0 Å². The van der Waals surface area contributed by atoms with Gasteiger partial charge in [-0.05, 0) is 60.7 Å². The Balaban J connectivity index is 1.27. The average molecular weight is 485 g/mol. The number of hydrogen-bond donors (Lipinski definition) is 5. The summed E-state index contributed by atoms with van der Waals surface area (Å²) in [5.74, 6) is -0.173. The lowest BCUT2D eigenvalue weighted by Gasteiger charge is -2.12. The van der Waals surface area contributed by atoms with Gasteiger partial charge >= 0.3 is 6.03 Å². The van der Waals surface area contributed by atoms with Crippen LogP contribution in [0.3, 0.4) is 0 Å². The molecule has 180 valence electrons. The van der Waals surface area contributed by atoms with Crippen molar-refractivity contribution in [1.29, 1.82) is 0 Å². The smallest absolute Gasteiger partial charge is 0.323 e. The number of rotatable bonds is 6. The Morgan fingerprint density at radius 1 is 0.833 bits per heavy atom. The number of carbonyl (C=O) groups excluding carboxylic acids is 2. The van der Waals surface area contributed by atoms with Gasteiger partial charge in [-0.1, -0.05) is 24.3 Å². The van der Waals surface area contributed by atoms with Crippen LogP contribution in [-0.4, -0.2) is 16.9 Å². The van der Waals surface area contributed by atoms with Gasteiger partial charge in [0.15, 0.2) is 0 Å². The fraction of sp³-hybridized carbons (Fsp3) is 0.0370. The molecule has 0 radical (unpaired) electrons. The van der Waals surface area contributed by atoms with Crippen molar-refractivity contribution in [2.24, 2.45) is 0 Å². The number of alkyl halides is 2. The number of halogens is 2. The molecule has 5 N–H and O–H groups in total. The molecule has 0 bridgehead atoms. The Kier molecular flexibility index (Phi) is 6.19. The number of nitrogens with one attached hydrogen (secondary N) is 5. The third-order valence-electron chi connectivity index (χ3n) is 5.53. The Bertz CT molecular complexity index is 1460. The summed E-state index contributed by atoms with van der Waals surface area (Å²) in [7, 11) is 0. The Labute approximate surface area is 205 Å². The third-order valence-corrected chi connectivity index (χ3v) is 5.53. The molecule has 0 fully saturated rings. The van der Waals surface area contributed by atoms with Gasteiger partial charge in [-0.3, -0.25) is 4.79 Å². The first-order valence-corrected chi connectivity index (χ1v) is 11.1. The quantitative estimate of drug-likeness (QED) is 0.194. The second-order valence-electron chi connectivity index (χ2n) is 8.11. The zero-order chi connectivity index (χ0) is 25.1. The lowest BCUT2D eigenvalue weighted by molar-refractivity contribution is -0.110. The lowest BCUT2D eigenvalue weighted by atomic mass is 10.1. The zero-order valence-electron chi connectivity index (χ0n) is 18.8. The predicted molar refractivity (Wildman–Crippen MR) is 138 cm³/mol. The Morgan fingerprint density at radius 2 is 1.56 bits per heavy atom. The molecule has 7 nitrogen and oxygen atoms in total. The van der Waals surface area contributed by atoms with E-state index in [2.05, 4.69) is 26.3 Å². The summed E-state index contributed by atoms with van der Waals surface area (Å²) in [6.45, 7) is 0. The van der Waals surface area contributed by atoms with Crippen LogP contribution in [0.1, 0.15) is 23.2 Å². The first kappa shape index (κ1) is 22.9. The van der Waals surface area contributed by atoms with Crippen molar-refractivity contribution in [3.63, 3.8) is 0 Å². The van der Waals surface area contributed by atoms with Crippen LogP contribution < -0.4 is 21.3 Å². The molecule has 0 atom stereocenters. The van der Waals surface area contributed by atoms with Gasteiger partial charge in [0.1, 0.15) is 0 Å². The minimum atomic E-state index is -2.62. The predicted octanol–water partition coefficient (Wildman–Crippen LogP) is 6.83. The normalized spacial score (nSPS) is 13.4. The topological polar surface area (TPSA) is 98.1 Å². The van der Waals surface area contributed by atoms with Crippen molar-refractivity contribution >= 4 is 52.0 Å². The van der Waals surface area contributed by atoms with Gasteiger partial charge < -0.3 is 26.3 Å². The van der Waals surface area contributed by atoms with E-state index in [1.54, 1.807) is 30.5 Å². The fourth-order valence-electron chi connectivity index (χ4n) is 3.89. The maximum atomic E-state index is 12.9. The van der Waals surface area contributed by atoms with Gasteiger partial charge in [0, 0.05) is 45.8 Å². The van der Waals surface area contributed by atoms with E-state index in [1.807, 2.05) is 36.4 Å². The van der Waals surface area contributed by atoms with E-state index in [0.717, 1.165) is 16.9 Å². The maximum absolute atomic E-state index is 12.9. The minimum Gasteiger partial charge on any atom is -0.362 e. The highest BCUT2D eigenvalue weighted by Gasteiger charge is 2.24. The zero-order valence-corrected chi connectivity index (χ0v) is 18.8. The summed E-state index contributed by atoms with van der Waals surface area (Å²) in [6.07, 6.45) is 0.981. The second-order valence-corrected chi connectivity index (χ2v) is 8.11. The van der Waals surface area contributed by atoms with Gasteiger partial charge in [-0.15, -0.1) is 0 Å². The SMILES string of the molecule is O=C(Nc1cccc(Nc2ccc3c(c2)NC(=O)C3=Cc2ccc[nH]2)c1)Nc1cccc(C(F)F)c1. The maximum Gasteiger partial charge on any atom is 0.323 e. The summed E-state index contributed by atoms with van der Waals surface area (Å²) in [5.41, 5.74) is 4.99. The van der Waals surface area contributed by atoms with E-state index in [1.165, 1.54) is 24.3 Å². The number of benzene rings is 3. The van der Waals surface area contributed by atoms with Gasteiger partial charge in [0.2, 0.25) is 0 Å². The average Bonchev–Trinajstić information content (AvgIpc) is 3.47. The van der Waals surface area contributed by atoms with E-state index >= 15 is 0 Å². The molecular weight excluding hydrogens is 464 g/mol. The molecule has 4 aromatic rings. The number of fused-ring (bicyclic) bond motifs is 1. The fourth-order valence-corrected chi connectivity index (χ4v) is 3.89. The van der Waals surface area contributed by atoms with Gasteiger partial charge in [-0.25, -0.2) is 13.6 Å². The highest BCUT2D eigenvalue weighted by atomic mass is 19.3. The molecule has 1 aromatic heterocycles. The van der Waals surface area contributed by atoms with Crippen LogP contribution in [0.5, 0.6) is 0 Å². The molecule has 3 amide bonds. The lowest BCUT2D eigenvalue weighted by Crippen LogP contribution is -2.19. The molecule has 0 saturated heterocycles. The van der Waals surface area contributed by atoms with E-state index in [4.69, 9.17) is 0 Å². The summed E-state index contributed by atoms with van der Waals surface area (Å²) < 4.78 is 25.8. The number of aromatic nitrogens is 1. The molecule has 3 aromatic carbocycles. The molecule has 0 aliphatic carbocycles. The van der Waals surface area contributed by atoms with Crippen molar-refractivity contribution in [3.8, 4) is 0 Å². The largest absolute Gasteiger partial charge is 0.362 e. The number of amides is 3. The number of aromatic amines is 1. The van der Waals surface area contributed by atoms with Crippen molar-refractivity contribution in [3.05, 3.63) is 102 Å². The van der Waals surface area contributed by atoms with Crippen LogP contribution >= 0.6 is 0 Å². The van der Waals surface area contributed by atoms with Crippen LogP contribution in [0.15, 0.2) is 85.1 Å². The molecular formula is C27H21F2N5O2. The molecule has 5 rings (SSSR count). The Morgan fingerprint density at radius 3 is 2.31 bits per heavy atom. The van der Waals surface area contributed by atoms with Crippen molar-refractivity contribution in [2.45, 2.75) is 6.43 Å².